The minimum Gasteiger partial charge on any atom is -0.495 e. The van der Waals surface area contributed by atoms with E-state index in [4.69, 9.17) is 16.3 Å². The smallest absolute Gasteiger partial charge is 0.237 e. The second-order valence-corrected chi connectivity index (χ2v) is 6.34. The number of carbonyl (C=O) groups is 1. The van der Waals surface area contributed by atoms with E-state index in [0.29, 0.717) is 5.02 Å². The zero-order valence-electron chi connectivity index (χ0n) is 13.2. The van der Waals surface area contributed by atoms with Gasteiger partial charge in [0.2, 0.25) is 5.91 Å². The molecule has 2 aliphatic rings. The van der Waals surface area contributed by atoms with Crippen LogP contribution in [0.5, 0.6) is 5.75 Å². The van der Waals surface area contributed by atoms with Crippen LogP contribution in [-0.4, -0.2) is 44.7 Å². The quantitative estimate of drug-likeness (QED) is 0.865. The highest BCUT2D eigenvalue weighted by molar-refractivity contribution is 6.30. The molecule has 3 rings (SSSR count). The summed E-state index contributed by atoms with van der Waals surface area (Å²) in [5, 5.41) is 7.08. The Labute approximate surface area is 148 Å². The lowest BCUT2D eigenvalue weighted by atomic mass is 10.2. The summed E-state index contributed by atoms with van der Waals surface area (Å²) in [7, 11) is 1.66. The molecule has 2 unspecified atom stereocenters. The number of anilines is 1. The summed E-state index contributed by atoms with van der Waals surface area (Å²) in [5.74, 6) is 0.941. The lowest BCUT2D eigenvalue weighted by Gasteiger charge is -2.22. The van der Waals surface area contributed by atoms with E-state index < -0.39 is 0 Å². The lowest BCUT2D eigenvalue weighted by Crippen LogP contribution is -2.46. The molecule has 128 valence electrons. The van der Waals surface area contributed by atoms with Gasteiger partial charge in [0, 0.05) is 24.2 Å². The van der Waals surface area contributed by atoms with Gasteiger partial charge in [-0.25, -0.2) is 0 Å². The molecule has 0 aromatic heterocycles. The van der Waals surface area contributed by atoms with Crippen molar-refractivity contribution >= 4 is 35.6 Å². The molecule has 2 N–H and O–H groups in total. The molecule has 1 amide bonds. The van der Waals surface area contributed by atoms with E-state index in [1.807, 2.05) is 18.2 Å². The van der Waals surface area contributed by atoms with Gasteiger partial charge in [-0.3, -0.25) is 4.79 Å². The molecule has 5 nitrogen and oxygen atoms in total. The van der Waals surface area contributed by atoms with Crippen LogP contribution in [0.2, 0.25) is 5.02 Å². The van der Waals surface area contributed by atoms with E-state index in [1.165, 1.54) is 0 Å². The molecule has 23 heavy (non-hydrogen) atoms. The first-order valence-corrected chi connectivity index (χ1v) is 8.17. The fourth-order valence-corrected chi connectivity index (χ4v) is 3.38. The molecule has 2 fully saturated rings. The number of carbonyl (C=O) groups excluding carboxylic acids is 1. The molecule has 2 saturated heterocycles. The number of benzene rings is 1. The van der Waals surface area contributed by atoms with Crippen molar-refractivity contribution < 1.29 is 9.53 Å². The fourth-order valence-electron chi connectivity index (χ4n) is 3.22. The molecule has 0 spiro atoms. The zero-order chi connectivity index (χ0) is 15.5. The number of ether oxygens (including phenoxy) is 1. The van der Waals surface area contributed by atoms with E-state index in [1.54, 1.807) is 7.11 Å². The maximum Gasteiger partial charge on any atom is 0.237 e. The van der Waals surface area contributed by atoms with E-state index in [9.17, 15) is 4.79 Å². The van der Waals surface area contributed by atoms with Crippen LogP contribution in [0.1, 0.15) is 19.3 Å². The number of hydrogen-bond donors (Lipinski definition) is 2. The Balaban J connectivity index is 0.00000192. The average molecular weight is 360 g/mol. The summed E-state index contributed by atoms with van der Waals surface area (Å²) >= 11 is 6.10. The molecule has 0 radical (unpaired) electrons. The predicted molar refractivity (Wildman–Crippen MR) is 95.0 cm³/mol. The summed E-state index contributed by atoms with van der Waals surface area (Å²) in [6.45, 7) is 2.61. The third-order valence-electron chi connectivity index (χ3n) is 4.39. The normalized spacial score (nSPS) is 23.5. The molecule has 7 heteroatoms. The third-order valence-corrected chi connectivity index (χ3v) is 4.63. The Morgan fingerprint density at radius 1 is 1.43 bits per heavy atom. The van der Waals surface area contributed by atoms with Crippen molar-refractivity contribution in [2.24, 2.45) is 0 Å². The van der Waals surface area contributed by atoms with Crippen LogP contribution in [0.4, 0.5) is 5.69 Å². The highest BCUT2D eigenvalue weighted by Gasteiger charge is 2.29. The Hall–Kier alpha value is -1.17. The molecule has 1 aromatic carbocycles. The van der Waals surface area contributed by atoms with Crippen molar-refractivity contribution in [1.82, 2.24) is 10.6 Å². The summed E-state index contributed by atoms with van der Waals surface area (Å²) in [5.41, 5.74) is 0.991. The molecule has 2 heterocycles. The Morgan fingerprint density at radius 2 is 2.26 bits per heavy atom. The molecule has 0 saturated carbocycles. The third kappa shape index (κ3) is 4.22. The van der Waals surface area contributed by atoms with E-state index in [2.05, 4.69) is 15.5 Å². The first kappa shape index (κ1) is 18.2. The molecular weight excluding hydrogens is 337 g/mol. The van der Waals surface area contributed by atoms with Crippen LogP contribution >= 0.6 is 24.0 Å². The number of hydrogen-bond acceptors (Lipinski definition) is 4. The summed E-state index contributed by atoms with van der Waals surface area (Å²) < 4.78 is 5.41. The molecule has 2 atom stereocenters. The number of amides is 1. The molecular formula is C16H23Cl2N3O2. The second kappa shape index (κ2) is 8.08. The van der Waals surface area contributed by atoms with Crippen molar-refractivity contribution in [2.45, 2.75) is 31.3 Å². The van der Waals surface area contributed by atoms with Crippen LogP contribution < -0.4 is 20.3 Å². The number of halogens is 2. The molecule has 0 bridgehead atoms. The van der Waals surface area contributed by atoms with Crippen molar-refractivity contribution in [3.63, 3.8) is 0 Å². The summed E-state index contributed by atoms with van der Waals surface area (Å²) in [6, 6.07) is 5.79. The average Bonchev–Trinajstić information content (AvgIpc) is 3.18. The topological polar surface area (TPSA) is 53.6 Å². The maximum atomic E-state index is 12.2. The van der Waals surface area contributed by atoms with Gasteiger partial charge < -0.3 is 20.3 Å². The van der Waals surface area contributed by atoms with E-state index in [0.717, 1.165) is 50.3 Å². The van der Waals surface area contributed by atoms with Crippen LogP contribution in [0.15, 0.2) is 18.2 Å². The van der Waals surface area contributed by atoms with Gasteiger partial charge in [0.15, 0.2) is 0 Å². The van der Waals surface area contributed by atoms with Gasteiger partial charge in [-0.2, -0.15) is 0 Å². The van der Waals surface area contributed by atoms with Crippen LogP contribution in [0, 0.1) is 0 Å². The Kier molecular flexibility index (Phi) is 6.39. The highest BCUT2D eigenvalue weighted by Crippen LogP contribution is 2.33. The van der Waals surface area contributed by atoms with Crippen molar-refractivity contribution in [2.75, 3.05) is 31.6 Å². The standard InChI is InChI=1S/C16H22ClN3O2.ClH/c1-22-15-5-4-11(17)9-14(15)20-8-6-12(10-20)19-16(21)13-3-2-7-18-13;/h4-5,9,12-13,18H,2-3,6-8,10H2,1H3,(H,19,21);1H. The molecule has 0 aliphatic carbocycles. The lowest BCUT2D eigenvalue weighted by molar-refractivity contribution is -0.123. The van der Waals surface area contributed by atoms with Gasteiger partial charge in [-0.05, 0) is 44.0 Å². The van der Waals surface area contributed by atoms with Crippen molar-refractivity contribution in [3.05, 3.63) is 23.2 Å². The van der Waals surface area contributed by atoms with E-state index >= 15 is 0 Å². The SMILES string of the molecule is COc1ccc(Cl)cc1N1CCC(NC(=O)C2CCCN2)C1.Cl. The van der Waals surface area contributed by atoms with Gasteiger partial charge in [0.25, 0.3) is 0 Å². The number of methoxy groups -OCH3 is 1. The van der Waals surface area contributed by atoms with E-state index in [-0.39, 0.29) is 30.4 Å². The maximum absolute atomic E-state index is 12.2. The second-order valence-electron chi connectivity index (χ2n) is 5.91. The first-order chi connectivity index (χ1) is 10.7. The monoisotopic (exact) mass is 359 g/mol. The largest absolute Gasteiger partial charge is 0.495 e. The minimum atomic E-state index is -0.0187. The number of nitrogens with zero attached hydrogens (tertiary/aromatic N) is 1. The van der Waals surface area contributed by atoms with Crippen molar-refractivity contribution in [1.29, 1.82) is 0 Å². The minimum absolute atomic E-state index is 0. The van der Waals surface area contributed by atoms with Crippen LogP contribution in [-0.2, 0) is 4.79 Å². The van der Waals surface area contributed by atoms with Gasteiger partial charge in [0.1, 0.15) is 5.75 Å². The van der Waals surface area contributed by atoms with Crippen LogP contribution in [0.25, 0.3) is 0 Å². The van der Waals surface area contributed by atoms with Gasteiger partial charge in [-0.1, -0.05) is 11.6 Å². The van der Waals surface area contributed by atoms with Gasteiger partial charge >= 0.3 is 0 Å². The van der Waals surface area contributed by atoms with Crippen LogP contribution in [0.3, 0.4) is 0 Å². The predicted octanol–water partition coefficient (Wildman–Crippen LogP) is 2.22. The Bertz CT molecular complexity index is 550. The highest BCUT2D eigenvalue weighted by atomic mass is 35.5. The van der Waals surface area contributed by atoms with Gasteiger partial charge in [-0.15, -0.1) is 12.4 Å². The fraction of sp³-hybridized carbons (Fsp3) is 0.562. The van der Waals surface area contributed by atoms with Crippen molar-refractivity contribution in [3.8, 4) is 5.75 Å². The summed E-state index contributed by atoms with van der Waals surface area (Å²) in [6.07, 6.45) is 2.95. The summed E-state index contributed by atoms with van der Waals surface area (Å²) in [4.78, 5) is 14.4. The van der Waals surface area contributed by atoms with Gasteiger partial charge in [0.05, 0.1) is 18.8 Å². The first-order valence-electron chi connectivity index (χ1n) is 7.79. The zero-order valence-corrected chi connectivity index (χ0v) is 14.8. The molecule has 2 aliphatic heterocycles. The Morgan fingerprint density at radius 3 is 2.96 bits per heavy atom. The number of nitrogens with one attached hydrogen (secondary N) is 2. The molecule has 1 aromatic rings. The number of rotatable bonds is 4.